The van der Waals surface area contributed by atoms with Gasteiger partial charge in [0.25, 0.3) is 11.6 Å². The van der Waals surface area contributed by atoms with E-state index in [9.17, 15) is 24.1 Å². The van der Waals surface area contributed by atoms with Gasteiger partial charge in [-0.2, -0.15) is 0 Å². The minimum atomic E-state index is -0.512. The summed E-state index contributed by atoms with van der Waals surface area (Å²) >= 11 is 0. The van der Waals surface area contributed by atoms with Gasteiger partial charge in [-0.05, 0) is 43.2 Å². The molecule has 0 saturated carbocycles. The van der Waals surface area contributed by atoms with E-state index < -0.39 is 29.2 Å². The van der Waals surface area contributed by atoms with Gasteiger partial charge in [-0.15, -0.1) is 0 Å². The molecule has 0 unspecified atom stereocenters. The fourth-order valence-corrected chi connectivity index (χ4v) is 3.23. The van der Waals surface area contributed by atoms with Crippen molar-refractivity contribution in [2.75, 3.05) is 29.9 Å². The summed E-state index contributed by atoms with van der Waals surface area (Å²) in [7, 11) is 0. The number of nitro benzene ring substituents is 1. The molecule has 1 saturated heterocycles. The monoisotopic (exact) mass is 401 g/mol. The Morgan fingerprint density at radius 2 is 1.79 bits per heavy atom. The quantitative estimate of drug-likeness (QED) is 0.453. The molecule has 3 rings (SSSR count). The first-order chi connectivity index (χ1) is 13.9. The highest BCUT2D eigenvalue weighted by molar-refractivity contribution is 5.92. The van der Waals surface area contributed by atoms with Gasteiger partial charge in [0, 0.05) is 24.8 Å². The molecule has 2 aromatic rings. The summed E-state index contributed by atoms with van der Waals surface area (Å²) in [6.45, 7) is 0.527. The normalized spacial score (nSPS) is 14.3. The van der Waals surface area contributed by atoms with Crippen LogP contribution in [0.15, 0.2) is 48.5 Å². The number of ether oxygens (including phenoxy) is 1. The second-order valence-electron chi connectivity index (χ2n) is 6.67. The van der Waals surface area contributed by atoms with Crippen molar-refractivity contribution in [1.82, 2.24) is 0 Å². The molecule has 0 atom stereocenters. The molecule has 9 heteroatoms. The second-order valence-corrected chi connectivity index (χ2v) is 6.67. The van der Waals surface area contributed by atoms with Gasteiger partial charge in [0.05, 0.1) is 10.8 Å². The maximum atomic E-state index is 12.9. The van der Waals surface area contributed by atoms with Crippen LogP contribution < -0.4 is 10.2 Å². The molecule has 0 bridgehead atoms. The molecule has 29 heavy (non-hydrogen) atoms. The third-order valence-corrected chi connectivity index (χ3v) is 4.72. The molecule has 0 spiro atoms. The van der Waals surface area contributed by atoms with Crippen LogP contribution in [0.1, 0.15) is 12.8 Å². The van der Waals surface area contributed by atoms with E-state index in [1.807, 2.05) is 4.90 Å². The number of para-hydroxylation sites is 2. The Morgan fingerprint density at radius 3 is 2.45 bits per heavy atom. The van der Waals surface area contributed by atoms with E-state index in [2.05, 4.69) is 5.32 Å². The fourth-order valence-electron chi connectivity index (χ4n) is 3.23. The zero-order chi connectivity index (χ0) is 20.8. The van der Waals surface area contributed by atoms with Crippen LogP contribution in [0, 0.1) is 21.8 Å². The van der Waals surface area contributed by atoms with Crippen LogP contribution in [-0.2, 0) is 14.3 Å². The van der Waals surface area contributed by atoms with Crippen LogP contribution in [0.2, 0.25) is 0 Å². The fraction of sp³-hybridized carbons (Fsp3) is 0.300. The van der Waals surface area contributed by atoms with Crippen LogP contribution in [-0.4, -0.2) is 36.5 Å². The Morgan fingerprint density at radius 1 is 1.14 bits per heavy atom. The summed E-state index contributed by atoms with van der Waals surface area (Å²) in [6.07, 6.45) is 0.953. The number of anilines is 2. The summed E-state index contributed by atoms with van der Waals surface area (Å²) < 4.78 is 18.0. The number of halogens is 1. The van der Waals surface area contributed by atoms with Crippen molar-refractivity contribution in [3.8, 4) is 0 Å². The van der Waals surface area contributed by atoms with Crippen LogP contribution in [0.3, 0.4) is 0 Å². The lowest BCUT2D eigenvalue weighted by Crippen LogP contribution is -2.37. The van der Waals surface area contributed by atoms with Gasteiger partial charge >= 0.3 is 5.97 Å². The number of piperidine rings is 1. The van der Waals surface area contributed by atoms with Crippen molar-refractivity contribution in [1.29, 1.82) is 0 Å². The molecule has 2 aromatic carbocycles. The zero-order valence-electron chi connectivity index (χ0n) is 15.5. The molecule has 1 aliphatic rings. The number of amides is 1. The van der Waals surface area contributed by atoms with Gasteiger partial charge in [-0.25, -0.2) is 4.39 Å². The topological polar surface area (TPSA) is 102 Å². The molecule has 1 fully saturated rings. The smallest absolute Gasteiger partial charge is 0.309 e. The molecule has 1 amide bonds. The van der Waals surface area contributed by atoms with Gasteiger partial charge in [0.15, 0.2) is 6.61 Å². The van der Waals surface area contributed by atoms with Crippen LogP contribution in [0.4, 0.5) is 21.5 Å². The van der Waals surface area contributed by atoms with Gasteiger partial charge in [-0.3, -0.25) is 19.7 Å². The van der Waals surface area contributed by atoms with Crippen molar-refractivity contribution < 1.29 is 23.6 Å². The largest absolute Gasteiger partial charge is 0.455 e. The number of rotatable bonds is 6. The highest BCUT2D eigenvalue weighted by Crippen LogP contribution is 2.31. The lowest BCUT2D eigenvalue weighted by molar-refractivity contribution is -0.384. The van der Waals surface area contributed by atoms with E-state index in [0.29, 0.717) is 37.3 Å². The molecule has 152 valence electrons. The third kappa shape index (κ3) is 5.28. The van der Waals surface area contributed by atoms with E-state index >= 15 is 0 Å². The van der Waals surface area contributed by atoms with Crippen molar-refractivity contribution in [3.05, 3.63) is 64.5 Å². The number of nitrogens with zero attached hydrogens (tertiary/aromatic N) is 2. The van der Waals surface area contributed by atoms with Crippen molar-refractivity contribution in [3.63, 3.8) is 0 Å². The number of carbonyl (C=O) groups excluding carboxylic acids is 2. The van der Waals surface area contributed by atoms with Crippen molar-refractivity contribution in [2.45, 2.75) is 12.8 Å². The molecular formula is C20H20FN3O5. The molecule has 0 radical (unpaired) electrons. The van der Waals surface area contributed by atoms with Crippen LogP contribution in [0.25, 0.3) is 0 Å². The van der Waals surface area contributed by atoms with Gasteiger partial charge in [0.1, 0.15) is 11.5 Å². The number of hydrogen-bond donors (Lipinski definition) is 1. The minimum Gasteiger partial charge on any atom is -0.455 e. The summed E-state index contributed by atoms with van der Waals surface area (Å²) in [4.78, 5) is 36.7. The number of benzene rings is 2. The summed E-state index contributed by atoms with van der Waals surface area (Å²) in [5.41, 5.74) is 0.971. The van der Waals surface area contributed by atoms with E-state index in [4.69, 9.17) is 4.74 Å². The van der Waals surface area contributed by atoms with Crippen LogP contribution >= 0.6 is 0 Å². The van der Waals surface area contributed by atoms with Gasteiger partial charge in [0.2, 0.25) is 0 Å². The Hall–Kier alpha value is -3.49. The lowest BCUT2D eigenvalue weighted by Gasteiger charge is -2.32. The van der Waals surface area contributed by atoms with E-state index in [-0.39, 0.29) is 11.6 Å². The van der Waals surface area contributed by atoms with Gasteiger partial charge in [-0.1, -0.05) is 12.1 Å². The maximum Gasteiger partial charge on any atom is 0.309 e. The van der Waals surface area contributed by atoms with E-state index in [0.717, 1.165) is 0 Å². The van der Waals surface area contributed by atoms with Gasteiger partial charge < -0.3 is 15.0 Å². The van der Waals surface area contributed by atoms with Crippen LogP contribution in [0.5, 0.6) is 0 Å². The number of hydrogen-bond acceptors (Lipinski definition) is 6. The SMILES string of the molecule is O=C(COC(=O)C1CCN(c2ccccc2[N+](=O)[O-])CC1)Nc1ccc(F)cc1. The standard InChI is InChI=1S/C20H20FN3O5/c21-15-5-7-16(8-6-15)22-19(25)13-29-20(26)14-9-11-23(12-10-14)17-3-1-2-4-18(17)24(27)28/h1-8,14H,9-13H2,(H,22,25). The Labute approximate surface area is 166 Å². The number of esters is 1. The second kappa shape index (κ2) is 9.13. The number of nitrogens with one attached hydrogen (secondary N) is 1. The lowest BCUT2D eigenvalue weighted by atomic mass is 9.96. The molecule has 0 aliphatic carbocycles. The molecule has 1 heterocycles. The molecule has 8 nitrogen and oxygen atoms in total. The average molecular weight is 401 g/mol. The van der Waals surface area contributed by atoms with E-state index in [1.54, 1.807) is 18.2 Å². The molecule has 1 aliphatic heterocycles. The Kier molecular flexibility index (Phi) is 6.38. The number of carbonyl (C=O) groups is 2. The predicted octanol–water partition coefficient (Wildman–Crippen LogP) is 3.13. The van der Waals surface area contributed by atoms with Crippen molar-refractivity contribution in [2.24, 2.45) is 5.92 Å². The highest BCUT2D eigenvalue weighted by Gasteiger charge is 2.29. The zero-order valence-corrected chi connectivity index (χ0v) is 15.5. The molecule has 0 aromatic heterocycles. The summed E-state index contributed by atoms with van der Waals surface area (Å²) in [5, 5.41) is 13.7. The molecular weight excluding hydrogens is 381 g/mol. The Balaban J connectivity index is 1.47. The minimum absolute atomic E-state index is 0.0333. The highest BCUT2D eigenvalue weighted by atomic mass is 19.1. The first kappa shape index (κ1) is 20.2. The molecule has 1 N–H and O–H groups in total. The Bertz CT molecular complexity index is 895. The first-order valence-corrected chi connectivity index (χ1v) is 9.14. The summed E-state index contributed by atoms with van der Waals surface area (Å²) in [5.74, 6) is -1.77. The first-order valence-electron chi connectivity index (χ1n) is 9.14. The van der Waals surface area contributed by atoms with E-state index in [1.165, 1.54) is 30.3 Å². The predicted molar refractivity (Wildman–Crippen MR) is 104 cm³/mol. The average Bonchev–Trinajstić information content (AvgIpc) is 2.74. The third-order valence-electron chi connectivity index (χ3n) is 4.72. The maximum absolute atomic E-state index is 12.9. The van der Waals surface area contributed by atoms with Crippen molar-refractivity contribution >= 4 is 28.9 Å². The summed E-state index contributed by atoms with van der Waals surface area (Å²) in [6, 6.07) is 11.7. The number of nitro groups is 1.